The van der Waals surface area contributed by atoms with Crippen molar-refractivity contribution in [2.75, 3.05) is 27.9 Å². The van der Waals surface area contributed by atoms with E-state index in [1.165, 1.54) is 33.5 Å². The smallest absolute Gasteiger partial charge is 0.273 e. The Morgan fingerprint density at radius 3 is 2.09 bits per heavy atom. The summed E-state index contributed by atoms with van der Waals surface area (Å²) in [4.78, 5) is 25.4. The normalized spacial score (nSPS) is 10.3. The van der Waals surface area contributed by atoms with Gasteiger partial charge in [0.05, 0.1) is 33.5 Å². The summed E-state index contributed by atoms with van der Waals surface area (Å²) in [6, 6.07) is 8.15. The lowest BCUT2D eigenvalue weighted by atomic mass is 10.1. The summed E-state index contributed by atoms with van der Waals surface area (Å²) in [5.74, 6) is 0.420. The van der Waals surface area contributed by atoms with Crippen LogP contribution >= 0.6 is 15.9 Å². The average Bonchev–Trinajstić information content (AvgIpc) is 2.81. The van der Waals surface area contributed by atoms with Crippen LogP contribution in [-0.4, -0.2) is 39.8 Å². The van der Waals surface area contributed by atoms with E-state index in [4.69, 9.17) is 18.9 Å². The zero-order chi connectivity index (χ0) is 23.5. The Bertz CT molecular complexity index is 910. The molecular weight excluding hydrogens is 480 g/mol. The summed E-state index contributed by atoms with van der Waals surface area (Å²) < 4.78 is 22.3. The van der Waals surface area contributed by atoms with Gasteiger partial charge in [0, 0.05) is 10.0 Å². The van der Waals surface area contributed by atoms with Crippen molar-refractivity contribution in [2.24, 2.45) is 0 Å². The van der Waals surface area contributed by atoms with Gasteiger partial charge < -0.3 is 18.9 Å². The van der Waals surface area contributed by atoms with E-state index in [0.29, 0.717) is 35.2 Å². The molecule has 2 aromatic carbocycles. The van der Waals surface area contributed by atoms with E-state index in [0.717, 1.165) is 30.2 Å². The lowest BCUT2D eigenvalue weighted by molar-refractivity contribution is 0.0844. The van der Waals surface area contributed by atoms with E-state index >= 15 is 0 Å². The van der Waals surface area contributed by atoms with E-state index in [-0.39, 0.29) is 5.56 Å². The molecule has 0 bridgehead atoms. The van der Waals surface area contributed by atoms with E-state index in [1.54, 1.807) is 18.2 Å². The molecule has 0 radical (unpaired) electrons. The second kappa shape index (κ2) is 12.8. The molecule has 0 aromatic heterocycles. The standard InChI is InChI=1S/C23H29BrN2O6/c1-5-6-7-8-11-32-18-10-9-16(24)14-17(18)23(28)26-25-22(27)15-12-19(29-2)21(31-4)20(13-15)30-3/h9-10,12-14H,5-8,11H2,1-4H3,(H,25,27)(H,26,28). The Hall–Kier alpha value is -2.94. The van der Waals surface area contributed by atoms with Gasteiger partial charge in [-0.15, -0.1) is 0 Å². The highest BCUT2D eigenvalue weighted by Crippen LogP contribution is 2.38. The number of ether oxygens (including phenoxy) is 4. The summed E-state index contributed by atoms with van der Waals surface area (Å²) in [5, 5.41) is 0. The highest BCUT2D eigenvalue weighted by molar-refractivity contribution is 9.10. The van der Waals surface area contributed by atoms with Gasteiger partial charge in [-0.3, -0.25) is 20.4 Å². The first-order valence-electron chi connectivity index (χ1n) is 10.3. The number of nitrogens with one attached hydrogen (secondary N) is 2. The maximum atomic E-state index is 12.7. The average molecular weight is 509 g/mol. The van der Waals surface area contributed by atoms with Crippen molar-refractivity contribution in [1.82, 2.24) is 10.9 Å². The van der Waals surface area contributed by atoms with Crippen LogP contribution in [0.25, 0.3) is 0 Å². The van der Waals surface area contributed by atoms with Crippen molar-refractivity contribution in [2.45, 2.75) is 32.6 Å². The van der Waals surface area contributed by atoms with Crippen LogP contribution in [0, 0.1) is 0 Å². The Kier molecular flexibility index (Phi) is 10.1. The number of methoxy groups -OCH3 is 3. The van der Waals surface area contributed by atoms with Gasteiger partial charge in [0.1, 0.15) is 5.75 Å². The number of hydrogen-bond acceptors (Lipinski definition) is 6. The largest absolute Gasteiger partial charge is 0.493 e. The molecule has 0 heterocycles. The zero-order valence-corrected chi connectivity index (χ0v) is 20.3. The van der Waals surface area contributed by atoms with Crippen LogP contribution in [0.4, 0.5) is 0 Å². The van der Waals surface area contributed by atoms with Crippen molar-refractivity contribution in [1.29, 1.82) is 0 Å². The molecule has 0 aliphatic carbocycles. The second-order valence-electron chi connectivity index (χ2n) is 6.87. The predicted molar refractivity (Wildman–Crippen MR) is 125 cm³/mol. The Labute approximate surface area is 196 Å². The summed E-state index contributed by atoms with van der Waals surface area (Å²) in [6.45, 7) is 2.66. The van der Waals surface area contributed by atoms with Crippen LogP contribution in [0.5, 0.6) is 23.0 Å². The number of carbonyl (C=O) groups is 2. The van der Waals surface area contributed by atoms with Crippen molar-refractivity contribution < 1.29 is 28.5 Å². The molecule has 8 nitrogen and oxygen atoms in total. The van der Waals surface area contributed by atoms with Crippen LogP contribution in [-0.2, 0) is 0 Å². The minimum atomic E-state index is -0.547. The Morgan fingerprint density at radius 2 is 1.50 bits per heavy atom. The third kappa shape index (κ3) is 6.78. The maximum Gasteiger partial charge on any atom is 0.273 e. The van der Waals surface area contributed by atoms with Gasteiger partial charge in [-0.1, -0.05) is 42.1 Å². The van der Waals surface area contributed by atoms with Crippen molar-refractivity contribution in [3.8, 4) is 23.0 Å². The minimum absolute atomic E-state index is 0.224. The summed E-state index contributed by atoms with van der Waals surface area (Å²) >= 11 is 3.37. The second-order valence-corrected chi connectivity index (χ2v) is 7.79. The van der Waals surface area contributed by atoms with E-state index in [1.807, 2.05) is 0 Å². The number of unbranched alkanes of at least 4 members (excludes halogenated alkanes) is 3. The Morgan fingerprint density at radius 1 is 0.844 bits per heavy atom. The number of hydrogen-bond donors (Lipinski definition) is 2. The highest BCUT2D eigenvalue weighted by atomic mass is 79.9. The molecule has 2 rings (SSSR count). The molecule has 0 unspecified atom stereocenters. The van der Waals surface area contributed by atoms with E-state index < -0.39 is 11.8 Å². The first-order valence-corrected chi connectivity index (χ1v) is 11.1. The molecule has 0 aliphatic heterocycles. The summed E-state index contributed by atoms with van der Waals surface area (Å²) in [7, 11) is 4.39. The lowest BCUT2D eigenvalue weighted by Gasteiger charge is -2.15. The van der Waals surface area contributed by atoms with Crippen LogP contribution in [0.2, 0.25) is 0 Å². The van der Waals surface area contributed by atoms with Crippen molar-refractivity contribution >= 4 is 27.7 Å². The molecule has 0 aliphatic rings. The van der Waals surface area contributed by atoms with Gasteiger partial charge in [0.15, 0.2) is 11.5 Å². The Balaban J connectivity index is 2.09. The van der Waals surface area contributed by atoms with Crippen LogP contribution in [0.1, 0.15) is 53.3 Å². The molecule has 0 fully saturated rings. The van der Waals surface area contributed by atoms with Gasteiger partial charge in [-0.05, 0) is 36.8 Å². The predicted octanol–water partition coefficient (Wildman–Crippen LogP) is 4.51. The van der Waals surface area contributed by atoms with E-state index in [2.05, 4.69) is 33.7 Å². The molecule has 0 saturated heterocycles. The molecule has 2 amide bonds. The molecule has 2 aromatic rings. The zero-order valence-electron chi connectivity index (χ0n) is 18.7. The molecule has 0 atom stereocenters. The molecule has 174 valence electrons. The number of amides is 2. The topological polar surface area (TPSA) is 95.1 Å². The lowest BCUT2D eigenvalue weighted by Crippen LogP contribution is -2.41. The SMILES string of the molecule is CCCCCCOc1ccc(Br)cc1C(=O)NNC(=O)c1cc(OC)c(OC)c(OC)c1. The number of carbonyl (C=O) groups excluding carboxylic acids is 2. The molecule has 9 heteroatoms. The van der Waals surface area contributed by atoms with Gasteiger partial charge in [-0.2, -0.15) is 0 Å². The molecule has 0 spiro atoms. The number of rotatable bonds is 11. The first kappa shape index (κ1) is 25.3. The summed E-state index contributed by atoms with van der Waals surface area (Å²) in [6.07, 6.45) is 4.25. The fourth-order valence-electron chi connectivity index (χ4n) is 2.98. The van der Waals surface area contributed by atoms with Gasteiger partial charge in [0.25, 0.3) is 11.8 Å². The number of benzene rings is 2. The van der Waals surface area contributed by atoms with Gasteiger partial charge in [-0.25, -0.2) is 0 Å². The quantitative estimate of drug-likeness (QED) is 0.342. The monoisotopic (exact) mass is 508 g/mol. The molecular formula is C23H29BrN2O6. The number of halogens is 1. The number of hydrazine groups is 1. The van der Waals surface area contributed by atoms with Crippen LogP contribution in [0.3, 0.4) is 0 Å². The van der Waals surface area contributed by atoms with Crippen molar-refractivity contribution in [3.63, 3.8) is 0 Å². The maximum absolute atomic E-state index is 12.7. The fourth-order valence-corrected chi connectivity index (χ4v) is 3.34. The third-order valence-electron chi connectivity index (χ3n) is 4.66. The highest BCUT2D eigenvalue weighted by Gasteiger charge is 2.19. The molecule has 2 N–H and O–H groups in total. The van der Waals surface area contributed by atoms with Crippen molar-refractivity contribution in [3.05, 3.63) is 45.9 Å². The van der Waals surface area contributed by atoms with Gasteiger partial charge >= 0.3 is 0 Å². The first-order chi connectivity index (χ1) is 15.4. The molecule has 32 heavy (non-hydrogen) atoms. The third-order valence-corrected chi connectivity index (χ3v) is 5.15. The molecule has 0 saturated carbocycles. The summed E-state index contributed by atoms with van der Waals surface area (Å²) in [5.41, 5.74) is 5.36. The fraction of sp³-hybridized carbons (Fsp3) is 0.391. The van der Waals surface area contributed by atoms with Crippen LogP contribution < -0.4 is 29.8 Å². The minimum Gasteiger partial charge on any atom is -0.493 e. The van der Waals surface area contributed by atoms with E-state index in [9.17, 15) is 9.59 Å². The van der Waals surface area contributed by atoms with Gasteiger partial charge in [0.2, 0.25) is 5.75 Å². The van der Waals surface area contributed by atoms with Crippen LogP contribution in [0.15, 0.2) is 34.8 Å².